The van der Waals surface area contributed by atoms with Crippen LogP contribution < -0.4 is 14.8 Å². The highest BCUT2D eigenvalue weighted by molar-refractivity contribution is 6.00. The number of hydrogen-bond donors (Lipinski definition) is 2. The van der Waals surface area contributed by atoms with E-state index in [1.165, 1.54) is 7.11 Å². The summed E-state index contributed by atoms with van der Waals surface area (Å²) < 4.78 is 16.3. The Morgan fingerprint density at radius 3 is 2.48 bits per heavy atom. The number of esters is 1. The molecule has 1 aromatic heterocycles. The van der Waals surface area contributed by atoms with Gasteiger partial charge in [0, 0.05) is 12.1 Å². The zero-order valence-corrected chi connectivity index (χ0v) is 17.5. The number of carbonyl (C=O) groups excluding carboxylic acids is 2. The minimum atomic E-state index is -0.460. The van der Waals surface area contributed by atoms with Gasteiger partial charge in [-0.25, -0.2) is 4.79 Å². The summed E-state index contributed by atoms with van der Waals surface area (Å²) in [6.07, 6.45) is 0.836. The van der Waals surface area contributed by atoms with Crippen molar-refractivity contribution in [2.75, 3.05) is 20.3 Å². The predicted molar refractivity (Wildman–Crippen MR) is 109 cm³/mol. The number of carbonyl (C=O) groups is 2. The van der Waals surface area contributed by atoms with Crippen LogP contribution in [0.5, 0.6) is 11.5 Å². The smallest absolute Gasteiger partial charge is 0.339 e. The van der Waals surface area contributed by atoms with Crippen LogP contribution in [0.15, 0.2) is 18.2 Å². The van der Waals surface area contributed by atoms with Gasteiger partial charge in [0.15, 0.2) is 11.5 Å². The standard InChI is InChI=1S/C22H28N2O5/c1-12(2)19(15-7-8-16-17(11-15)29-10-6-9-28-16)24-21(25)20-13(3)18(14(4)23-20)22(26)27-5/h7-8,11-12,19,23H,6,9-10H2,1-5H3,(H,24,25). The molecule has 1 unspecified atom stereocenters. The van der Waals surface area contributed by atoms with E-state index in [1.807, 2.05) is 32.0 Å². The fraction of sp³-hybridized carbons (Fsp3) is 0.455. The highest BCUT2D eigenvalue weighted by Crippen LogP contribution is 2.34. The van der Waals surface area contributed by atoms with Crippen LogP contribution in [0, 0.1) is 19.8 Å². The molecule has 0 saturated heterocycles. The van der Waals surface area contributed by atoms with Crippen molar-refractivity contribution in [3.63, 3.8) is 0 Å². The molecule has 7 nitrogen and oxygen atoms in total. The summed E-state index contributed by atoms with van der Waals surface area (Å²) in [5, 5.41) is 3.09. The first-order valence-corrected chi connectivity index (χ1v) is 9.81. The summed E-state index contributed by atoms with van der Waals surface area (Å²) in [5.41, 5.74) is 2.88. The third-order valence-electron chi connectivity index (χ3n) is 5.14. The van der Waals surface area contributed by atoms with Gasteiger partial charge in [0.1, 0.15) is 5.69 Å². The number of rotatable bonds is 5. The molecule has 0 saturated carbocycles. The average molecular weight is 400 g/mol. The van der Waals surface area contributed by atoms with E-state index in [0.29, 0.717) is 41.5 Å². The Balaban J connectivity index is 1.88. The van der Waals surface area contributed by atoms with Crippen LogP contribution in [0.4, 0.5) is 0 Å². The first kappa shape index (κ1) is 20.8. The Morgan fingerprint density at radius 2 is 1.83 bits per heavy atom. The van der Waals surface area contributed by atoms with Crippen molar-refractivity contribution in [2.45, 2.75) is 40.2 Å². The molecule has 0 spiro atoms. The number of benzene rings is 1. The van der Waals surface area contributed by atoms with E-state index in [2.05, 4.69) is 10.3 Å². The number of aromatic amines is 1. The second kappa shape index (κ2) is 8.59. The average Bonchev–Trinajstić information content (AvgIpc) is 2.85. The molecule has 3 rings (SSSR count). The van der Waals surface area contributed by atoms with E-state index in [-0.39, 0.29) is 17.9 Å². The van der Waals surface area contributed by atoms with Crippen molar-refractivity contribution in [3.8, 4) is 11.5 Å². The van der Waals surface area contributed by atoms with Gasteiger partial charge in [-0.3, -0.25) is 4.79 Å². The fourth-order valence-corrected chi connectivity index (χ4v) is 3.61. The second-order valence-corrected chi connectivity index (χ2v) is 7.57. The Morgan fingerprint density at radius 1 is 1.14 bits per heavy atom. The van der Waals surface area contributed by atoms with Crippen molar-refractivity contribution >= 4 is 11.9 Å². The Kier molecular flexibility index (Phi) is 6.15. The van der Waals surface area contributed by atoms with Crippen LogP contribution >= 0.6 is 0 Å². The minimum Gasteiger partial charge on any atom is -0.490 e. The number of amides is 1. The molecule has 1 amide bonds. The molecule has 0 bridgehead atoms. The molecule has 2 heterocycles. The number of hydrogen-bond acceptors (Lipinski definition) is 5. The lowest BCUT2D eigenvalue weighted by atomic mass is 9.95. The van der Waals surface area contributed by atoms with E-state index in [1.54, 1.807) is 13.8 Å². The predicted octanol–water partition coefficient (Wildman–Crippen LogP) is 3.71. The van der Waals surface area contributed by atoms with Crippen LogP contribution in [-0.2, 0) is 4.74 Å². The lowest BCUT2D eigenvalue weighted by Crippen LogP contribution is -2.32. The third-order valence-corrected chi connectivity index (χ3v) is 5.14. The van der Waals surface area contributed by atoms with Crippen LogP contribution in [0.3, 0.4) is 0 Å². The Bertz CT molecular complexity index is 916. The summed E-state index contributed by atoms with van der Waals surface area (Å²) in [4.78, 5) is 28.1. The van der Waals surface area contributed by atoms with Crippen molar-refractivity contribution in [2.24, 2.45) is 5.92 Å². The monoisotopic (exact) mass is 400 g/mol. The summed E-state index contributed by atoms with van der Waals surface area (Å²) in [7, 11) is 1.33. The van der Waals surface area contributed by atoms with Gasteiger partial charge in [-0.2, -0.15) is 0 Å². The van der Waals surface area contributed by atoms with Gasteiger partial charge < -0.3 is 24.5 Å². The van der Waals surface area contributed by atoms with Gasteiger partial charge in [0.25, 0.3) is 5.91 Å². The fourth-order valence-electron chi connectivity index (χ4n) is 3.61. The van der Waals surface area contributed by atoms with Crippen LogP contribution in [0.25, 0.3) is 0 Å². The number of H-pyrrole nitrogens is 1. The molecule has 1 aromatic carbocycles. The SMILES string of the molecule is COC(=O)c1c(C)[nH]c(C(=O)NC(c2ccc3c(c2)OCCCO3)C(C)C)c1C. The number of aromatic nitrogens is 1. The lowest BCUT2D eigenvalue weighted by molar-refractivity contribution is 0.0599. The van der Waals surface area contributed by atoms with Crippen molar-refractivity contribution < 1.29 is 23.8 Å². The van der Waals surface area contributed by atoms with E-state index in [4.69, 9.17) is 14.2 Å². The largest absolute Gasteiger partial charge is 0.490 e. The van der Waals surface area contributed by atoms with Crippen LogP contribution in [0.1, 0.15) is 64.0 Å². The maximum atomic E-state index is 13.0. The van der Waals surface area contributed by atoms with Gasteiger partial charge in [0.2, 0.25) is 0 Å². The van der Waals surface area contributed by atoms with E-state index < -0.39 is 5.97 Å². The van der Waals surface area contributed by atoms with E-state index >= 15 is 0 Å². The van der Waals surface area contributed by atoms with Crippen molar-refractivity contribution in [3.05, 3.63) is 46.3 Å². The molecule has 0 radical (unpaired) electrons. The Labute approximate surface area is 170 Å². The number of nitrogens with one attached hydrogen (secondary N) is 2. The molecule has 0 aliphatic carbocycles. The summed E-state index contributed by atoms with van der Waals surface area (Å²) >= 11 is 0. The molecule has 2 N–H and O–H groups in total. The first-order valence-electron chi connectivity index (χ1n) is 9.81. The quantitative estimate of drug-likeness (QED) is 0.747. The molecule has 1 aliphatic rings. The maximum Gasteiger partial charge on any atom is 0.339 e. The number of fused-ring (bicyclic) bond motifs is 1. The van der Waals surface area contributed by atoms with Gasteiger partial charge in [0.05, 0.1) is 31.9 Å². The minimum absolute atomic E-state index is 0.139. The third kappa shape index (κ3) is 4.23. The molecule has 29 heavy (non-hydrogen) atoms. The number of aryl methyl sites for hydroxylation is 1. The highest BCUT2D eigenvalue weighted by Gasteiger charge is 2.26. The number of methoxy groups -OCH3 is 1. The highest BCUT2D eigenvalue weighted by atomic mass is 16.5. The van der Waals surface area contributed by atoms with Gasteiger partial charge in [-0.05, 0) is 43.0 Å². The van der Waals surface area contributed by atoms with E-state index in [9.17, 15) is 9.59 Å². The molecule has 0 fully saturated rings. The zero-order chi connectivity index (χ0) is 21.1. The first-order chi connectivity index (χ1) is 13.8. The van der Waals surface area contributed by atoms with Crippen molar-refractivity contribution in [1.29, 1.82) is 0 Å². The second-order valence-electron chi connectivity index (χ2n) is 7.57. The summed E-state index contributed by atoms with van der Waals surface area (Å²) in [6.45, 7) is 8.81. The maximum absolute atomic E-state index is 13.0. The van der Waals surface area contributed by atoms with Gasteiger partial charge in [-0.1, -0.05) is 19.9 Å². The Hall–Kier alpha value is -2.96. The normalized spacial score (nSPS) is 14.3. The number of ether oxygens (including phenoxy) is 3. The van der Waals surface area contributed by atoms with Crippen LogP contribution in [0.2, 0.25) is 0 Å². The molecule has 1 aliphatic heterocycles. The molecule has 1 atom stereocenters. The van der Waals surface area contributed by atoms with Gasteiger partial charge in [-0.15, -0.1) is 0 Å². The zero-order valence-electron chi connectivity index (χ0n) is 17.5. The lowest BCUT2D eigenvalue weighted by Gasteiger charge is -2.24. The summed E-state index contributed by atoms with van der Waals surface area (Å²) in [6, 6.07) is 5.53. The molecular formula is C22H28N2O5. The molecular weight excluding hydrogens is 372 g/mol. The topological polar surface area (TPSA) is 89.7 Å². The summed E-state index contributed by atoms with van der Waals surface area (Å²) in [5.74, 6) is 0.823. The van der Waals surface area contributed by atoms with Gasteiger partial charge >= 0.3 is 5.97 Å². The molecule has 7 heteroatoms. The van der Waals surface area contributed by atoms with Crippen molar-refractivity contribution in [1.82, 2.24) is 10.3 Å². The molecule has 156 valence electrons. The van der Waals surface area contributed by atoms with E-state index in [0.717, 1.165) is 17.7 Å². The molecule has 2 aromatic rings. The van der Waals surface area contributed by atoms with Crippen LogP contribution in [-0.4, -0.2) is 37.2 Å².